The Morgan fingerprint density at radius 2 is 1.65 bits per heavy atom. The third-order valence-electron chi connectivity index (χ3n) is 2.64. The molecule has 0 atom stereocenters. The van der Waals surface area contributed by atoms with E-state index in [1.807, 2.05) is 38.1 Å². The Morgan fingerprint density at radius 1 is 0.882 bits per heavy atom. The highest BCUT2D eigenvalue weighted by Gasteiger charge is 2.03. The lowest BCUT2D eigenvalue weighted by molar-refractivity contribution is 0.478. The topological polar surface area (TPSA) is 35.2 Å². The van der Waals surface area contributed by atoms with Gasteiger partial charge in [0.25, 0.3) is 0 Å². The van der Waals surface area contributed by atoms with Crippen molar-refractivity contribution in [1.82, 2.24) is 0 Å². The number of hydrogen-bond donors (Lipinski definition) is 1. The number of aryl methyl sites for hydroxylation is 3. The summed E-state index contributed by atoms with van der Waals surface area (Å²) in [4.78, 5) is 0. The van der Waals surface area contributed by atoms with Crippen LogP contribution in [0.2, 0.25) is 0 Å². The van der Waals surface area contributed by atoms with E-state index < -0.39 is 0 Å². The summed E-state index contributed by atoms with van der Waals surface area (Å²) >= 11 is 0. The monoisotopic (exact) mass is 227 g/mol. The first-order valence-corrected chi connectivity index (χ1v) is 5.67. The van der Waals surface area contributed by atoms with Crippen molar-refractivity contribution in [3.05, 3.63) is 53.1 Å². The molecule has 2 aromatic rings. The van der Waals surface area contributed by atoms with Crippen LogP contribution in [0.4, 0.5) is 5.69 Å². The van der Waals surface area contributed by atoms with E-state index in [-0.39, 0.29) is 0 Å². The summed E-state index contributed by atoms with van der Waals surface area (Å²) in [6, 6.07) is 11.9. The van der Waals surface area contributed by atoms with Gasteiger partial charge in [0.1, 0.15) is 11.5 Å². The van der Waals surface area contributed by atoms with Crippen LogP contribution < -0.4 is 10.5 Å². The molecule has 2 N–H and O–H groups in total. The third kappa shape index (κ3) is 2.78. The largest absolute Gasteiger partial charge is 0.457 e. The van der Waals surface area contributed by atoms with E-state index in [1.54, 1.807) is 0 Å². The molecule has 0 fully saturated rings. The van der Waals surface area contributed by atoms with Crippen molar-refractivity contribution in [2.24, 2.45) is 0 Å². The molecule has 0 spiro atoms. The lowest BCUT2D eigenvalue weighted by Crippen LogP contribution is -1.91. The maximum Gasteiger partial charge on any atom is 0.130 e. The van der Waals surface area contributed by atoms with Gasteiger partial charge in [0.2, 0.25) is 0 Å². The van der Waals surface area contributed by atoms with E-state index in [4.69, 9.17) is 10.5 Å². The van der Waals surface area contributed by atoms with E-state index in [9.17, 15) is 0 Å². The Morgan fingerprint density at radius 3 is 2.35 bits per heavy atom. The molecule has 0 saturated carbocycles. The van der Waals surface area contributed by atoms with Crippen molar-refractivity contribution in [2.45, 2.75) is 20.8 Å². The first-order valence-electron chi connectivity index (χ1n) is 5.67. The standard InChI is InChI=1S/C15H17NO/c1-10-4-5-12(3)15(8-10)17-14-7-11(2)6-13(16)9-14/h4-9H,16H2,1-3H3. The highest BCUT2D eigenvalue weighted by molar-refractivity contribution is 5.49. The van der Waals surface area contributed by atoms with Crippen LogP contribution >= 0.6 is 0 Å². The number of rotatable bonds is 2. The maximum atomic E-state index is 5.87. The number of nitrogen functional groups attached to an aromatic ring is 1. The SMILES string of the molecule is Cc1cc(N)cc(Oc2cc(C)ccc2C)c1. The predicted octanol–water partition coefficient (Wildman–Crippen LogP) is 3.99. The fraction of sp³-hybridized carbons (Fsp3) is 0.200. The summed E-state index contributed by atoms with van der Waals surface area (Å²) in [6.07, 6.45) is 0. The number of nitrogens with two attached hydrogens (primary N) is 1. The van der Waals surface area contributed by atoms with Crippen molar-refractivity contribution in [2.75, 3.05) is 5.73 Å². The molecule has 2 aromatic carbocycles. The average Bonchev–Trinajstić information content (AvgIpc) is 2.22. The molecule has 0 heterocycles. The van der Waals surface area contributed by atoms with Gasteiger partial charge in [0.15, 0.2) is 0 Å². The van der Waals surface area contributed by atoms with Crippen molar-refractivity contribution in [3.63, 3.8) is 0 Å². The van der Waals surface area contributed by atoms with Crippen LogP contribution in [0, 0.1) is 20.8 Å². The van der Waals surface area contributed by atoms with Crippen LogP contribution in [0.1, 0.15) is 16.7 Å². The first-order chi connectivity index (χ1) is 8.04. The van der Waals surface area contributed by atoms with E-state index in [2.05, 4.69) is 19.1 Å². The van der Waals surface area contributed by atoms with Crippen molar-refractivity contribution >= 4 is 5.69 Å². The van der Waals surface area contributed by atoms with E-state index in [0.29, 0.717) is 0 Å². The van der Waals surface area contributed by atoms with Gasteiger partial charge >= 0.3 is 0 Å². The van der Waals surface area contributed by atoms with Crippen LogP contribution in [0.15, 0.2) is 36.4 Å². The van der Waals surface area contributed by atoms with Gasteiger partial charge in [-0.15, -0.1) is 0 Å². The van der Waals surface area contributed by atoms with E-state index >= 15 is 0 Å². The number of benzene rings is 2. The molecule has 0 aliphatic heterocycles. The Kier molecular flexibility index (Phi) is 3.05. The number of anilines is 1. The molecule has 0 aromatic heterocycles. The molecular weight excluding hydrogens is 210 g/mol. The molecule has 0 amide bonds. The molecule has 17 heavy (non-hydrogen) atoms. The van der Waals surface area contributed by atoms with Crippen molar-refractivity contribution < 1.29 is 4.74 Å². The summed E-state index contributed by atoms with van der Waals surface area (Å²) < 4.78 is 5.87. The highest BCUT2D eigenvalue weighted by atomic mass is 16.5. The Bertz CT molecular complexity index is 526. The molecular formula is C15H17NO. The molecule has 0 bridgehead atoms. The summed E-state index contributed by atoms with van der Waals surface area (Å²) in [5, 5.41) is 0. The van der Waals surface area contributed by atoms with Gasteiger partial charge in [0, 0.05) is 11.8 Å². The Balaban J connectivity index is 2.34. The highest BCUT2D eigenvalue weighted by Crippen LogP contribution is 2.28. The second kappa shape index (κ2) is 4.50. The van der Waals surface area contributed by atoms with Gasteiger partial charge in [0.05, 0.1) is 0 Å². The second-order valence-electron chi connectivity index (χ2n) is 4.45. The maximum absolute atomic E-state index is 5.87. The Labute approximate surface area is 102 Å². The fourth-order valence-electron chi connectivity index (χ4n) is 1.78. The van der Waals surface area contributed by atoms with Crippen LogP contribution in [-0.2, 0) is 0 Å². The zero-order valence-electron chi connectivity index (χ0n) is 10.4. The lowest BCUT2D eigenvalue weighted by Gasteiger charge is -2.10. The molecule has 2 heteroatoms. The Hall–Kier alpha value is -1.96. The van der Waals surface area contributed by atoms with Crippen LogP contribution in [-0.4, -0.2) is 0 Å². The minimum absolute atomic E-state index is 0.727. The quantitative estimate of drug-likeness (QED) is 0.787. The molecule has 0 aliphatic carbocycles. The normalized spacial score (nSPS) is 10.3. The molecule has 0 radical (unpaired) electrons. The predicted molar refractivity (Wildman–Crippen MR) is 71.6 cm³/mol. The average molecular weight is 227 g/mol. The molecule has 0 aliphatic rings. The third-order valence-corrected chi connectivity index (χ3v) is 2.64. The minimum Gasteiger partial charge on any atom is -0.457 e. The van der Waals surface area contributed by atoms with Gasteiger partial charge < -0.3 is 10.5 Å². The summed E-state index contributed by atoms with van der Waals surface area (Å²) in [5.41, 5.74) is 9.94. The molecule has 2 nitrogen and oxygen atoms in total. The summed E-state index contributed by atoms with van der Waals surface area (Å²) in [5.74, 6) is 1.67. The zero-order valence-corrected chi connectivity index (χ0v) is 10.4. The van der Waals surface area contributed by atoms with Gasteiger partial charge in [-0.3, -0.25) is 0 Å². The number of hydrogen-bond acceptors (Lipinski definition) is 2. The van der Waals surface area contributed by atoms with Gasteiger partial charge in [-0.1, -0.05) is 12.1 Å². The summed E-state index contributed by atoms with van der Waals surface area (Å²) in [6.45, 7) is 6.09. The molecule has 0 unspecified atom stereocenters. The number of ether oxygens (including phenoxy) is 1. The van der Waals surface area contributed by atoms with Crippen molar-refractivity contribution in [3.8, 4) is 11.5 Å². The van der Waals surface area contributed by atoms with E-state index in [0.717, 1.165) is 28.3 Å². The molecule has 2 rings (SSSR count). The van der Waals surface area contributed by atoms with Crippen LogP contribution in [0.5, 0.6) is 11.5 Å². The van der Waals surface area contributed by atoms with Crippen molar-refractivity contribution in [1.29, 1.82) is 0 Å². The summed E-state index contributed by atoms with van der Waals surface area (Å²) in [7, 11) is 0. The van der Waals surface area contributed by atoms with Gasteiger partial charge in [-0.25, -0.2) is 0 Å². The molecule has 88 valence electrons. The van der Waals surface area contributed by atoms with E-state index in [1.165, 1.54) is 5.56 Å². The molecule has 0 saturated heterocycles. The van der Waals surface area contributed by atoms with Gasteiger partial charge in [-0.2, -0.15) is 0 Å². The first kappa shape index (κ1) is 11.5. The zero-order chi connectivity index (χ0) is 12.4. The fourth-order valence-corrected chi connectivity index (χ4v) is 1.78. The van der Waals surface area contributed by atoms with Crippen LogP contribution in [0.25, 0.3) is 0 Å². The minimum atomic E-state index is 0.727. The van der Waals surface area contributed by atoms with Crippen LogP contribution in [0.3, 0.4) is 0 Å². The smallest absolute Gasteiger partial charge is 0.130 e. The lowest BCUT2D eigenvalue weighted by atomic mass is 10.1. The second-order valence-corrected chi connectivity index (χ2v) is 4.45. The van der Waals surface area contributed by atoms with Gasteiger partial charge in [-0.05, 0) is 55.7 Å².